The number of carbonyl (C=O) groups is 1. The Labute approximate surface area is 128 Å². The first kappa shape index (κ1) is 12.9. The highest BCUT2D eigenvalue weighted by Crippen LogP contribution is 2.30. The molecule has 0 amide bonds. The van der Waals surface area contributed by atoms with Gasteiger partial charge in [0.05, 0.1) is 5.69 Å². The molecule has 0 aliphatic heterocycles. The topological polar surface area (TPSA) is 58.9 Å². The summed E-state index contributed by atoms with van der Waals surface area (Å²) in [5, 5.41) is 0.968. The van der Waals surface area contributed by atoms with Crippen LogP contribution in [0.2, 0.25) is 0 Å². The molecule has 0 saturated heterocycles. The van der Waals surface area contributed by atoms with Crippen LogP contribution in [-0.2, 0) is 6.42 Å². The van der Waals surface area contributed by atoms with Gasteiger partial charge in [-0.05, 0) is 54.0 Å². The first-order valence-corrected chi connectivity index (χ1v) is 7.34. The Balaban J connectivity index is 1.73. The van der Waals surface area contributed by atoms with Crippen molar-refractivity contribution in [3.63, 3.8) is 0 Å². The third-order valence-corrected chi connectivity index (χ3v) is 4.29. The number of aromatic amines is 1. The molecule has 0 spiro atoms. The number of anilines is 1. The molecule has 3 N–H and O–H groups in total. The molecule has 1 aliphatic rings. The first-order chi connectivity index (χ1) is 10.6. The van der Waals surface area contributed by atoms with Gasteiger partial charge in [0, 0.05) is 28.6 Å². The molecule has 0 saturated carbocycles. The number of aromatic nitrogens is 1. The van der Waals surface area contributed by atoms with Crippen LogP contribution in [0.25, 0.3) is 17.0 Å². The third-order valence-electron chi connectivity index (χ3n) is 4.29. The van der Waals surface area contributed by atoms with Crippen molar-refractivity contribution in [1.82, 2.24) is 4.98 Å². The van der Waals surface area contributed by atoms with Crippen LogP contribution in [0.3, 0.4) is 0 Å². The zero-order chi connectivity index (χ0) is 15.3. The Morgan fingerprint density at radius 3 is 2.86 bits per heavy atom. The van der Waals surface area contributed by atoms with E-state index in [-0.39, 0.29) is 5.78 Å². The molecule has 2 aromatic carbocycles. The highest BCUT2D eigenvalue weighted by Gasteiger charge is 2.21. The minimum Gasteiger partial charge on any atom is -0.399 e. The molecule has 0 unspecified atom stereocenters. The molecule has 22 heavy (non-hydrogen) atoms. The van der Waals surface area contributed by atoms with Crippen molar-refractivity contribution >= 4 is 28.4 Å². The van der Waals surface area contributed by atoms with E-state index in [0.29, 0.717) is 17.8 Å². The van der Waals surface area contributed by atoms with Crippen LogP contribution in [0, 0.1) is 6.92 Å². The average Bonchev–Trinajstić information content (AvgIpc) is 3.10. The molecular weight excluding hydrogens is 272 g/mol. The van der Waals surface area contributed by atoms with E-state index in [1.165, 1.54) is 16.7 Å². The van der Waals surface area contributed by atoms with Crippen LogP contribution in [-0.4, -0.2) is 10.8 Å². The molecule has 1 aliphatic carbocycles. The smallest absolute Gasteiger partial charge is 0.205 e. The van der Waals surface area contributed by atoms with E-state index in [2.05, 4.69) is 24.0 Å². The van der Waals surface area contributed by atoms with Crippen molar-refractivity contribution < 1.29 is 4.79 Å². The van der Waals surface area contributed by atoms with Crippen LogP contribution in [0.1, 0.15) is 27.2 Å². The number of carbonyl (C=O) groups excluding carboxylic acids is 1. The van der Waals surface area contributed by atoms with Gasteiger partial charge in [-0.3, -0.25) is 4.79 Å². The number of allylic oxidation sites excluding steroid dienone is 1. The Bertz CT molecular complexity index is 947. The van der Waals surface area contributed by atoms with Gasteiger partial charge in [0.25, 0.3) is 0 Å². The number of nitrogens with one attached hydrogen (secondary N) is 1. The molecule has 0 atom stereocenters. The molecule has 0 fully saturated rings. The summed E-state index contributed by atoms with van der Waals surface area (Å²) in [4.78, 5) is 15.9. The van der Waals surface area contributed by atoms with Gasteiger partial charge in [0.2, 0.25) is 5.78 Å². The van der Waals surface area contributed by atoms with E-state index in [1.54, 1.807) is 0 Å². The summed E-state index contributed by atoms with van der Waals surface area (Å²) < 4.78 is 0. The normalized spacial score (nSPS) is 13.2. The van der Waals surface area contributed by atoms with Crippen molar-refractivity contribution in [3.8, 4) is 0 Å². The summed E-state index contributed by atoms with van der Waals surface area (Å²) in [6, 6.07) is 13.7. The van der Waals surface area contributed by atoms with Gasteiger partial charge in [0.15, 0.2) is 0 Å². The number of hydrogen-bond acceptors (Lipinski definition) is 2. The van der Waals surface area contributed by atoms with E-state index >= 15 is 0 Å². The van der Waals surface area contributed by atoms with Crippen molar-refractivity contribution in [2.75, 3.05) is 5.73 Å². The number of hydrogen-bond donors (Lipinski definition) is 2. The SMILES string of the molecule is Cc1cccc2c1C=C(C(=O)c1cc3cc(N)ccc3[nH]1)C2. The molecule has 0 bridgehead atoms. The fourth-order valence-corrected chi connectivity index (χ4v) is 3.12. The fraction of sp³-hybridized carbons (Fsp3) is 0.105. The maximum Gasteiger partial charge on any atom is 0.205 e. The van der Waals surface area contributed by atoms with Crippen LogP contribution in [0.4, 0.5) is 5.69 Å². The van der Waals surface area contributed by atoms with E-state index in [0.717, 1.165) is 16.5 Å². The number of fused-ring (bicyclic) bond motifs is 2. The van der Waals surface area contributed by atoms with Gasteiger partial charge >= 0.3 is 0 Å². The van der Waals surface area contributed by atoms with E-state index < -0.39 is 0 Å². The fourth-order valence-electron chi connectivity index (χ4n) is 3.12. The second-order valence-corrected chi connectivity index (χ2v) is 5.85. The average molecular weight is 288 g/mol. The lowest BCUT2D eigenvalue weighted by Gasteiger charge is -2.00. The Morgan fingerprint density at radius 2 is 2.05 bits per heavy atom. The highest BCUT2D eigenvalue weighted by molar-refractivity contribution is 6.13. The summed E-state index contributed by atoms with van der Waals surface area (Å²) >= 11 is 0. The van der Waals surface area contributed by atoms with Crippen molar-refractivity contribution in [2.24, 2.45) is 0 Å². The summed E-state index contributed by atoms with van der Waals surface area (Å²) in [6.45, 7) is 2.08. The molecule has 0 radical (unpaired) electrons. The van der Waals surface area contributed by atoms with Gasteiger partial charge in [-0.2, -0.15) is 0 Å². The van der Waals surface area contributed by atoms with Crippen molar-refractivity contribution in [2.45, 2.75) is 13.3 Å². The number of Topliss-reactive ketones (excluding diaryl/α,β-unsaturated/α-hetero) is 1. The highest BCUT2D eigenvalue weighted by atomic mass is 16.1. The predicted molar refractivity (Wildman–Crippen MR) is 89.9 cm³/mol. The second kappa shape index (κ2) is 4.60. The van der Waals surface area contributed by atoms with Crippen molar-refractivity contribution in [3.05, 3.63) is 70.4 Å². The molecule has 1 heterocycles. The zero-order valence-corrected chi connectivity index (χ0v) is 12.3. The lowest BCUT2D eigenvalue weighted by molar-refractivity contribution is 0.103. The van der Waals surface area contributed by atoms with Crippen LogP contribution >= 0.6 is 0 Å². The quantitative estimate of drug-likeness (QED) is 0.555. The Hall–Kier alpha value is -2.81. The molecule has 1 aromatic heterocycles. The van der Waals surface area contributed by atoms with Gasteiger partial charge in [0.1, 0.15) is 0 Å². The minimum atomic E-state index is 0.0605. The van der Waals surface area contributed by atoms with E-state index in [4.69, 9.17) is 5.73 Å². The molecule has 4 rings (SSSR count). The van der Waals surface area contributed by atoms with E-state index in [9.17, 15) is 4.79 Å². The number of ketones is 1. The minimum absolute atomic E-state index is 0.0605. The maximum atomic E-state index is 12.8. The lowest BCUT2D eigenvalue weighted by Crippen LogP contribution is -2.03. The monoisotopic (exact) mass is 288 g/mol. The van der Waals surface area contributed by atoms with Crippen LogP contribution in [0.5, 0.6) is 0 Å². The standard InChI is InChI=1S/C19H16N2O/c1-11-3-2-4-12-7-14(9-16(11)12)19(22)18-10-13-8-15(20)5-6-17(13)21-18/h2-6,8-10,21H,7,20H2,1H3. The van der Waals surface area contributed by atoms with E-state index in [1.807, 2.05) is 36.4 Å². The molecule has 3 aromatic rings. The second-order valence-electron chi connectivity index (χ2n) is 5.85. The molecule has 3 heteroatoms. The van der Waals surface area contributed by atoms with Gasteiger partial charge in [-0.1, -0.05) is 18.2 Å². The number of aryl methyl sites for hydroxylation is 1. The maximum absolute atomic E-state index is 12.8. The van der Waals surface area contributed by atoms with Gasteiger partial charge < -0.3 is 10.7 Å². The van der Waals surface area contributed by atoms with Gasteiger partial charge in [-0.25, -0.2) is 0 Å². The molecule has 108 valence electrons. The molecule has 3 nitrogen and oxygen atoms in total. The summed E-state index contributed by atoms with van der Waals surface area (Å²) in [5.41, 5.74) is 12.5. The first-order valence-electron chi connectivity index (χ1n) is 7.34. The van der Waals surface area contributed by atoms with Crippen LogP contribution < -0.4 is 5.73 Å². The number of H-pyrrole nitrogens is 1. The number of nitrogen functional groups attached to an aromatic ring is 1. The zero-order valence-electron chi connectivity index (χ0n) is 12.3. The predicted octanol–water partition coefficient (Wildman–Crippen LogP) is 3.88. The Morgan fingerprint density at radius 1 is 1.18 bits per heavy atom. The summed E-state index contributed by atoms with van der Waals surface area (Å²) in [6.07, 6.45) is 2.72. The van der Waals surface area contributed by atoms with Crippen molar-refractivity contribution in [1.29, 1.82) is 0 Å². The Kier molecular flexibility index (Phi) is 2.70. The third kappa shape index (κ3) is 1.94. The lowest BCUT2D eigenvalue weighted by atomic mass is 10.0. The van der Waals surface area contributed by atoms with Gasteiger partial charge in [-0.15, -0.1) is 0 Å². The largest absolute Gasteiger partial charge is 0.399 e. The molecular formula is C19H16N2O. The summed E-state index contributed by atoms with van der Waals surface area (Å²) in [7, 11) is 0. The number of nitrogens with two attached hydrogens (primary N) is 1. The summed E-state index contributed by atoms with van der Waals surface area (Å²) in [5.74, 6) is 0.0605. The number of rotatable bonds is 2. The van der Waals surface area contributed by atoms with Crippen LogP contribution in [0.15, 0.2) is 48.0 Å². The number of benzene rings is 2.